The molecule has 0 amide bonds. The van der Waals surface area contributed by atoms with E-state index in [1.807, 2.05) is 37.3 Å². The summed E-state index contributed by atoms with van der Waals surface area (Å²) in [5.74, 6) is -0.363. The van der Waals surface area contributed by atoms with Crippen molar-refractivity contribution in [3.8, 4) is 0 Å². The van der Waals surface area contributed by atoms with E-state index in [9.17, 15) is 14.3 Å². The molecule has 1 aliphatic rings. The Kier molecular flexibility index (Phi) is 6.18. The highest BCUT2D eigenvalue weighted by Crippen LogP contribution is 2.54. The van der Waals surface area contributed by atoms with Crippen LogP contribution in [0, 0.1) is 0 Å². The van der Waals surface area contributed by atoms with Gasteiger partial charge in [0.05, 0.1) is 12.8 Å². The summed E-state index contributed by atoms with van der Waals surface area (Å²) in [7, 11) is -3.50. The van der Waals surface area contributed by atoms with E-state index in [0.717, 1.165) is 18.4 Å². The molecule has 3 atom stereocenters. The van der Waals surface area contributed by atoms with Gasteiger partial charge < -0.3 is 14.4 Å². The van der Waals surface area contributed by atoms with Crippen molar-refractivity contribution >= 4 is 13.3 Å². The Morgan fingerprint density at radius 2 is 2.14 bits per heavy atom. The van der Waals surface area contributed by atoms with Gasteiger partial charge >= 0.3 is 5.97 Å². The third-order valence-corrected chi connectivity index (χ3v) is 6.12. The molecule has 1 aromatic rings. The van der Waals surface area contributed by atoms with Crippen LogP contribution in [0.2, 0.25) is 0 Å². The summed E-state index contributed by atoms with van der Waals surface area (Å²) in [5, 5.41) is 0. The highest BCUT2D eigenvalue weighted by Gasteiger charge is 2.43. The Balaban J connectivity index is 1.99. The Labute approximate surface area is 131 Å². The zero-order chi connectivity index (χ0) is 16.0. The van der Waals surface area contributed by atoms with Crippen molar-refractivity contribution in [2.75, 3.05) is 6.61 Å². The predicted octanol–water partition coefficient (Wildman–Crippen LogP) is 3.31. The average Bonchev–Trinajstić information content (AvgIpc) is 2.94. The summed E-state index contributed by atoms with van der Waals surface area (Å²) in [4.78, 5) is 22.1. The van der Waals surface area contributed by atoms with Gasteiger partial charge in [-0.2, -0.15) is 0 Å². The summed E-state index contributed by atoms with van der Waals surface area (Å²) in [6.07, 6.45) is 1.58. The van der Waals surface area contributed by atoms with E-state index in [0.29, 0.717) is 19.4 Å². The standard InChI is InChI=1S/C16H23O5P/c1-2-3-9-15(17)21-16-14(10-11-20-16)22(18,19)12-13-7-5-4-6-8-13/h4-8,14,16H,2-3,9-12H2,1H3,(H,18,19). The van der Waals surface area contributed by atoms with Crippen LogP contribution < -0.4 is 0 Å². The predicted molar refractivity (Wildman–Crippen MR) is 83.7 cm³/mol. The van der Waals surface area contributed by atoms with Crippen molar-refractivity contribution in [3.63, 3.8) is 0 Å². The quantitative estimate of drug-likeness (QED) is 0.615. The van der Waals surface area contributed by atoms with Crippen LogP contribution in [0.3, 0.4) is 0 Å². The smallest absolute Gasteiger partial charge is 0.308 e. The van der Waals surface area contributed by atoms with Gasteiger partial charge in [0.15, 0.2) is 0 Å². The van der Waals surface area contributed by atoms with Crippen molar-refractivity contribution in [3.05, 3.63) is 35.9 Å². The molecule has 3 unspecified atom stereocenters. The van der Waals surface area contributed by atoms with Gasteiger partial charge in [-0.25, -0.2) is 0 Å². The molecule has 1 saturated heterocycles. The summed E-state index contributed by atoms with van der Waals surface area (Å²) < 4.78 is 23.3. The molecule has 1 fully saturated rings. The molecule has 0 spiro atoms. The maximum absolute atomic E-state index is 12.7. The molecule has 22 heavy (non-hydrogen) atoms. The number of esters is 1. The van der Waals surface area contributed by atoms with E-state index >= 15 is 0 Å². The lowest BCUT2D eigenvalue weighted by Crippen LogP contribution is -2.28. The fourth-order valence-corrected chi connectivity index (χ4v) is 4.53. The van der Waals surface area contributed by atoms with Crippen molar-refractivity contribution in [2.24, 2.45) is 0 Å². The van der Waals surface area contributed by atoms with E-state index in [1.165, 1.54) is 0 Å². The van der Waals surface area contributed by atoms with Gasteiger partial charge in [0.1, 0.15) is 5.66 Å². The lowest BCUT2D eigenvalue weighted by molar-refractivity contribution is -0.169. The van der Waals surface area contributed by atoms with Crippen LogP contribution in [0.25, 0.3) is 0 Å². The van der Waals surface area contributed by atoms with Crippen molar-refractivity contribution in [1.82, 2.24) is 0 Å². The van der Waals surface area contributed by atoms with Crippen molar-refractivity contribution in [1.29, 1.82) is 0 Å². The summed E-state index contributed by atoms with van der Waals surface area (Å²) in [5.41, 5.74) is 0.162. The summed E-state index contributed by atoms with van der Waals surface area (Å²) in [6, 6.07) is 9.18. The zero-order valence-electron chi connectivity index (χ0n) is 12.8. The molecule has 1 N–H and O–H groups in total. The topological polar surface area (TPSA) is 72.8 Å². The van der Waals surface area contributed by atoms with Gasteiger partial charge in [0, 0.05) is 6.42 Å². The first-order valence-corrected chi connectivity index (χ1v) is 9.61. The first-order chi connectivity index (χ1) is 10.5. The largest absolute Gasteiger partial charge is 0.435 e. The van der Waals surface area contributed by atoms with E-state index in [1.54, 1.807) is 0 Å². The second-order valence-electron chi connectivity index (χ2n) is 5.59. The minimum absolute atomic E-state index is 0.0743. The van der Waals surface area contributed by atoms with Crippen LogP contribution in [0.15, 0.2) is 30.3 Å². The Morgan fingerprint density at radius 3 is 2.82 bits per heavy atom. The molecule has 1 aromatic carbocycles. The van der Waals surface area contributed by atoms with Crippen LogP contribution in [0.4, 0.5) is 0 Å². The van der Waals surface area contributed by atoms with E-state index < -0.39 is 19.3 Å². The highest BCUT2D eigenvalue weighted by molar-refractivity contribution is 7.58. The highest BCUT2D eigenvalue weighted by atomic mass is 31.2. The molecule has 6 heteroatoms. The maximum Gasteiger partial charge on any atom is 0.308 e. The van der Waals surface area contributed by atoms with Crippen LogP contribution in [0.5, 0.6) is 0 Å². The minimum atomic E-state index is -3.50. The van der Waals surface area contributed by atoms with E-state index in [-0.39, 0.29) is 12.1 Å². The number of carbonyl (C=O) groups is 1. The van der Waals surface area contributed by atoms with Crippen LogP contribution in [-0.4, -0.2) is 29.4 Å². The van der Waals surface area contributed by atoms with E-state index in [4.69, 9.17) is 9.47 Å². The van der Waals surface area contributed by atoms with Gasteiger partial charge in [-0.1, -0.05) is 43.7 Å². The second kappa shape index (κ2) is 7.91. The first-order valence-electron chi connectivity index (χ1n) is 7.69. The fourth-order valence-electron chi connectivity index (χ4n) is 2.53. The lowest BCUT2D eigenvalue weighted by atomic mass is 10.2. The molecule has 0 aliphatic carbocycles. The first kappa shape index (κ1) is 17.2. The Bertz CT molecular complexity index is 531. The zero-order valence-corrected chi connectivity index (χ0v) is 13.7. The van der Waals surface area contributed by atoms with Gasteiger partial charge in [0.2, 0.25) is 13.7 Å². The van der Waals surface area contributed by atoms with Gasteiger partial charge in [-0.15, -0.1) is 0 Å². The number of ether oxygens (including phenoxy) is 2. The lowest BCUT2D eigenvalue weighted by Gasteiger charge is -2.23. The van der Waals surface area contributed by atoms with Crippen LogP contribution >= 0.6 is 7.37 Å². The van der Waals surface area contributed by atoms with Crippen LogP contribution in [0.1, 0.15) is 38.2 Å². The molecule has 1 heterocycles. The molecule has 0 bridgehead atoms. The minimum Gasteiger partial charge on any atom is -0.435 e. The Hall–Kier alpha value is -1.16. The number of rotatable bonds is 7. The SMILES string of the molecule is CCCCC(=O)OC1OCCC1P(=O)(O)Cc1ccccc1. The number of carbonyl (C=O) groups excluding carboxylic acids is 1. The molecule has 0 saturated carbocycles. The maximum atomic E-state index is 12.7. The van der Waals surface area contributed by atoms with Crippen molar-refractivity contribution < 1.29 is 23.7 Å². The molecule has 122 valence electrons. The van der Waals surface area contributed by atoms with E-state index in [2.05, 4.69) is 0 Å². The third-order valence-electron chi connectivity index (χ3n) is 3.76. The number of hydrogen-bond donors (Lipinski definition) is 1. The van der Waals surface area contributed by atoms with Gasteiger partial charge in [0.25, 0.3) is 0 Å². The summed E-state index contributed by atoms with van der Waals surface area (Å²) >= 11 is 0. The normalized spacial score (nSPS) is 23.9. The molecule has 1 aliphatic heterocycles. The monoisotopic (exact) mass is 326 g/mol. The molecule has 5 nitrogen and oxygen atoms in total. The summed E-state index contributed by atoms with van der Waals surface area (Å²) in [6.45, 7) is 2.33. The number of benzene rings is 1. The van der Waals surface area contributed by atoms with Crippen LogP contribution in [-0.2, 0) is 25.0 Å². The van der Waals surface area contributed by atoms with Gasteiger partial charge in [-0.3, -0.25) is 9.36 Å². The fraction of sp³-hybridized carbons (Fsp3) is 0.562. The molecular weight excluding hydrogens is 303 g/mol. The van der Waals surface area contributed by atoms with Crippen molar-refractivity contribution in [2.45, 2.75) is 50.7 Å². The molecule has 0 aromatic heterocycles. The molecule has 0 radical (unpaired) electrons. The average molecular weight is 326 g/mol. The molecule has 2 rings (SSSR count). The second-order valence-corrected chi connectivity index (χ2v) is 8.08. The Morgan fingerprint density at radius 1 is 1.41 bits per heavy atom. The number of unbranched alkanes of at least 4 members (excludes halogenated alkanes) is 1. The van der Waals surface area contributed by atoms with Gasteiger partial charge in [-0.05, 0) is 18.4 Å². The number of hydrogen-bond acceptors (Lipinski definition) is 4. The third kappa shape index (κ3) is 4.67. The molecular formula is C16H23O5P.